The third-order valence-electron chi connectivity index (χ3n) is 5.10. The maximum absolute atomic E-state index is 12.8. The predicted octanol–water partition coefficient (Wildman–Crippen LogP) is 7.36. The Kier molecular flexibility index (Phi) is 5.89. The van der Waals surface area contributed by atoms with Crippen molar-refractivity contribution in [2.24, 2.45) is 0 Å². The molecule has 0 saturated heterocycles. The van der Waals surface area contributed by atoms with E-state index >= 15 is 0 Å². The number of hydrogen-bond acceptors (Lipinski definition) is 4. The van der Waals surface area contributed by atoms with E-state index in [1.807, 2.05) is 12.1 Å². The summed E-state index contributed by atoms with van der Waals surface area (Å²) in [7, 11) is 1.45. The quantitative estimate of drug-likeness (QED) is 0.339. The third-order valence-corrected chi connectivity index (χ3v) is 5.60. The van der Waals surface area contributed by atoms with Crippen molar-refractivity contribution in [1.82, 2.24) is 4.98 Å². The second-order valence-electron chi connectivity index (χ2n) is 8.45. The minimum absolute atomic E-state index is 0.0723. The number of oxazole rings is 1. The van der Waals surface area contributed by atoms with E-state index in [0.29, 0.717) is 27.7 Å². The molecule has 1 heterocycles. The average molecular weight is 469 g/mol. The lowest BCUT2D eigenvalue weighted by Gasteiger charge is -2.18. The molecule has 0 aliphatic heterocycles. The fraction of sp³-hybridized carbons (Fsp3) is 0.200. The molecule has 0 atom stereocenters. The van der Waals surface area contributed by atoms with Crippen LogP contribution in [-0.2, 0) is 5.41 Å². The standard InChI is InChI=1S/C25H22Cl2N2O3/c1-25(2,3)15-7-5-14(6-8-15)24-29-20-13-17(9-10-21(20)32-24)28-23(30)18-11-16(26)12-19(27)22(18)31-4/h5-13H,1-4H3,(H,28,30). The molecule has 4 aromatic rings. The summed E-state index contributed by atoms with van der Waals surface area (Å²) < 4.78 is 11.2. The number of fused-ring (bicyclic) bond motifs is 1. The number of nitrogens with one attached hydrogen (secondary N) is 1. The molecule has 3 aromatic carbocycles. The lowest BCUT2D eigenvalue weighted by molar-refractivity contribution is 0.102. The van der Waals surface area contributed by atoms with E-state index in [1.54, 1.807) is 18.2 Å². The first-order valence-electron chi connectivity index (χ1n) is 10.0. The predicted molar refractivity (Wildman–Crippen MR) is 129 cm³/mol. The van der Waals surface area contributed by atoms with Gasteiger partial charge in [-0.3, -0.25) is 4.79 Å². The van der Waals surface area contributed by atoms with E-state index in [1.165, 1.54) is 24.8 Å². The molecular formula is C25H22Cl2N2O3. The Hall–Kier alpha value is -3.02. The number of methoxy groups -OCH3 is 1. The van der Waals surface area contributed by atoms with Gasteiger partial charge in [0.2, 0.25) is 5.89 Å². The van der Waals surface area contributed by atoms with Crippen LogP contribution >= 0.6 is 23.2 Å². The highest BCUT2D eigenvalue weighted by atomic mass is 35.5. The Morgan fingerprint density at radius 3 is 2.41 bits per heavy atom. The van der Waals surface area contributed by atoms with Gasteiger partial charge in [0, 0.05) is 16.3 Å². The lowest BCUT2D eigenvalue weighted by Crippen LogP contribution is -2.13. The summed E-state index contributed by atoms with van der Waals surface area (Å²) in [4.78, 5) is 17.4. The van der Waals surface area contributed by atoms with Gasteiger partial charge < -0.3 is 14.5 Å². The van der Waals surface area contributed by atoms with Crippen LogP contribution in [0, 0.1) is 0 Å². The van der Waals surface area contributed by atoms with Gasteiger partial charge in [0.05, 0.1) is 17.7 Å². The molecule has 1 N–H and O–H groups in total. The first-order valence-corrected chi connectivity index (χ1v) is 10.8. The zero-order chi connectivity index (χ0) is 23.0. The van der Waals surface area contributed by atoms with Crippen molar-refractivity contribution in [2.45, 2.75) is 26.2 Å². The third kappa shape index (κ3) is 4.45. The van der Waals surface area contributed by atoms with Crippen LogP contribution in [0.5, 0.6) is 5.75 Å². The fourth-order valence-corrected chi connectivity index (χ4v) is 3.95. The Morgan fingerprint density at radius 2 is 1.75 bits per heavy atom. The molecule has 164 valence electrons. The van der Waals surface area contributed by atoms with Crippen molar-refractivity contribution in [3.8, 4) is 17.2 Å². The number of benzene rings is 3. The lowest BCUT2D eigenvalue weighted by atomic mass is 9.87. The summed E-state index contributed by atoms with van der Waals surface area (Å²) >= 11 is 12.2. The number of carbonyl (C=O) groups excluding carboxylic acids is 1. The van der Waals surface area contributed by atoms with Crippen molar-refractivity contribution in [1.29, 1.82) is 0 Å². The van der Waals surface area contributed by atoms with Crippen molar-refractivity contribution in [3.63, 3.8) is 0 Å². The van der Waals surface area contributed by atoms with Gasteiger partial charge in [-0.05, 0) is 53.4 Å². The van der Waals surface area contributed by atoms with Crippen LogP contribution in [-0.4, -0.2) is 18.0 Å². The number of anilines is 1. The first kappa shape index (κ1) is 22.2. The number of aromatic nitrogens is 1. The Balaban J connectivity index is 1.61. The normalized spacial score (nSPS) is 11.6. The topological polar surface area (TPSA) is 64.4 Å². The summed E-state index contributed by atoms with van der Waals surface area (Å²) in [6.45, 7) is 6.51. The number of hydrogen-bond donors (Lipinski definition) is 1. The van der Waals surface area contributed by atoms with Crippen LogP contribution in [0.15, 0.2) is 59.0 Å². The summed E-state index contributed by atoms with van der Waals surface area (Å²) in [6, 6.07) is 16.5. The molecule has 0 bridgehead atoms. The van der Waals surface area contributed by atoms with E-state index in [4.69, 9.17) is 32.4 Å². The van der Waals surface area contributed by atoms with Gasteiger partial charge in [-0.2, -0.15) is 0 Å². The highest BCUT2D eigenvalue weighted by Crippen LogP contribution is 2.33. The van der Waals surface area contributed by atoms with Gasteiger partial charge in [-0.25, -0.2) is 4.98 Å². The minimum Gasteiger partial charge on any atom is -0.494 e. The number of ether oxygens (including phenoxy) is 1. The molecule has 0 radical (unpaired) electrons. The molecule has 0 unspecified atom stereocenters. The highest BCUT2D eigenvalue weighted by molar-refractivity contribution is 6.36. The molecule has 0 aliphatic carbocycles. The van der Waals surface area contributed by atoms with Crippen LogP contribution in [0.2, 0.25) is 10.0 Å². The van der Waals surface area contributed by atoms with E-state index < -0.39 is 5.91 Å². The van der Waals surface area contributed by atoms with E-state index in [9.17, 15) is 4.79 Å². The Labute approximate surface area is 196 Å². The summed E-state index contributed by atoms with van der Waals surface area (Å²) in [5.74, 6) is 0.386. The van der Waals surface area contributed by atoms with Crippen molar-refractivity contribution in [3.05, 3.63) is 75.8 Å². The van der Waals surface area contributed by atoms with Gasteiger partial charge in [-0.1, -0.05) is 56.1 Å². The number of carbonyl (C=O) groups is 1. The average Bonchev–Trinajstić information content (AvgIpc) is 3.16. The van der Waals surface area contributed by atoms with Gasteiger partial charge in [0.25, 0.3) is 5.91 Å². The minimum atomic E-state index is -0.396. The van der Waals surface area contributed by atoms with Crippen LogP contribution in [0.25, 0.3) is 22.6 Å². The molecule has 7 heteroatoms. The molecule has 4 rings (SSSR count). The monoisotopic (exact) mass is 468 g/mol. The molecule has 32 heavy (non-hydrogen) atoms. The van der Waals surface area contributed by atoms with Gasteiger partial charge in [-0.15, -0.1) is 0 Å². The van der Waals surface area contributed by atoms with E-state index in [0.717, 1.165) is 5.56 Å². The number of nitrogens with zero attached hydrogens (tertiary/aromatic N) is 1. The molecule has 0 spiro atoms. The zero-order valence-electron chi connectivity index (χ0n) is 18.1. The molecule has 0 saturated carbocycles. The van der Waals surface area contributed by atoms with Crippen molar-refractivity contribution < 1.29 is 13.9 Å². The summed E-state index contributed by atoms with van der Waals surface area (Å²) in [5, 5.41) is 3.44. The first-order chi connectivity index (χ1) is 15.2. The van der Waals surface area contributed by atoms with Crippen molar-refractivity contribution >= 4 is 45.9 Å². The number of rotatable bonds is 4. The zero-order valence-corrected chi connectivity index (χ0v) is 19.6. The smallest absolute Gasteiger partial charge is 0.259 e. The van der Waals surface area contributed by atoms with Crippen molar-refractivity contribution in [2.75, 3.05) is 12.4 Å². The fourth-order valence-electron chi connectivity index (χ4n) is 3.38. The van der Waals surface area contributed by atoms with Gasteiger partial charge in [0.15, 0.2) is 5.58 Å². The van der Waals surface area contributed by atoms with E-state index in [-0.39, 0.29) is 21.8 Å². The second-order valence-corrected chi connectivity index (χ2v) is 9.30. The van der Waals surface area contributed by atoms with Crippen LogP contribution in [0.4, 0.5) is 5.69 Å². The largest absolute Gasteiger partial charge is 0.494 e. The SMILES string of the molecule is COc1c(Cl)cc(Cl)cc1C(=O)Nc1ccc2oc(-c3ccc(C(C)(C)C)cc3)nc2c1. The molecule has 1 aromatic heterocycles. The summed E-state index contributed by atoms with van der Waals surface area (Å²) in [6.07, 6.45) is 0. The second kappa shape index (κ2) is 8.49. The molecule has 0 aliphatic rings. The molecular weight excluding hydrogens is 447 g/mol. The molecule has 5 nitrogen and oxygen atoms in total. The Morgan fingerprint density at radius 1 is 1.03 bits per heavy atom. The van der Waals surface area contributed by atoms with Crippen LogP contribution < -0.4 is 10.1 Å². The Bertz CT molecular complexity index is 1310. The maximum atomic E-state index is 12.8. The molecule has 1 amide bonds. The summed E-state index contributed by atoms with van der Waals surface area (Å²) in [5.41, 5.74) is 4.25. The number of amides is 1. The van der Waals surface area contributed by atoms with Crippen LogP contribution in [0.3, 0.4) is 0 Å². The van der Waals surface area contributed by atoms with Crippen LogP contribution in [0.1, 0.15) is 36.7 Å². The molecule has 0 fully saturated rings. The van der Waals surface area contributed by atoms with Gasteiger partial charge >= 0.3 is 0 Å². The number of halogens is 2. The van der Waals surface area contributed by atoms with Gasteiger partial charge in [0.1, 0.15) is 11.3 Å². The maximum Gasteiger partial charge on any atom is 0.259 e. The van der Waals surface area contributed by atoms with E-state index in [2.05, 4.69) is 43.2 Å². The highest BCUT2D eigenvalue weighted by Gasteiger charge is 2.18.